The van der Waals surface area contributed by atoms with Gasteiger partial charge < -0.3 is 18.8 Å². The van der Waals surface area contributed by atoms with Gasteiger partial charge in [-0.25, -0.2) is 13.8 Å². The summed E-state index contributed by atoms with van der Waals surface area (Å²) in [5, 5.41) is 0.820. The minimum atomic E-state index is -1.21. The average Bonchev–Trinajstić information content (AvgIpc) is 3.09. The molecule has 0 spiro atoms. The lowest BCUT2D eigenvalue weighted by molar-refractivity contribution is 0.0899. The molecule has 0 bridgehead atoms. The van der Waals surface area contributed by atoms with Crippen molar-refractivity contribution in [1.29, 1.82) is 0 Å². The maximum Gasteiger partial charge on any atom is 0.198 e. The average molecular weight is 522 g/mol. The van der Waals surface area contributed by atoms with E-state index in [4.69, 9.17) is 25.8 Å². The Labute approximate surface area is 209 Å². The lowest BCUT2D eigenvalue weighted by Crippen LogP contribution is -2.22. The summed E-state index contributed by atoms with van der Waals surface area (Å²) in [6, 6.07) is 5.17. The zero-order chi connectivity index (χ0) is 25.2. The van der Waals surface area contributed by atoms with Crippen molar-refractivity contribution >= 4 is 36.6 Å². The standard InChI is InChI=1S/C25H30ClF2N3O3Si/c1-16-6-8-33-22(30-16)13-17-11-19(27)24(20(28)12-17)34-21-5-7-29-25-23(21)18(26)14-31(25)15-32-9-10-35(2,3)4/h5,7,11-12,14,16H,6,8-10,13,15H2,1-4H3. The number of ether oxygens (including phenoxy) is 3. The predicted octanol–water partition coefficient (Wildman–Crippen LogP) is 6.82. The number of rotatable bonds is 9. The van der Waals surface area contributed by atoms with Crippen molar-refractivity contribution < 1.29 is 23.0 Å². The van der Waals surface area contributed by atoms with Gasteiger partial charge in [0.1, 0.15) is 18.1 Å². The fourth-order valence-electron chi connectivity index (χ4n) is 3.75. The second kappa shape index (κ2) is 10.6. The molecule has 0 amide bonds. The summed E-state index contributed by atoms with van der Waals surface area (Å²) in [6.07, 6.45) is 4.23. The first kappa shape index (κ1) is 25.6. The van der Waals surface area contributed by atoms with Gasteiger partial charge in [0.05, 0.1) is 23.1 Å². The number of aliphatic imine (C=N–C) groups is 1. The molecule has 1 aliphatic heterocycles. The van der Waals surface area contributed by atoms with E-state index in [2.05, 4.69) is 29.6 Å². The maximum absolute atomic E-state index is 14.9. The quantitative estimate of drug-likeness (QED) is 0.229. The minimum Gasteiger partial charge on any atom is -0.481 e. The molecule has 2 aromatic heterocycles. The van der Waals surface area contributed by atoms with Crippen LogP contribution in [0.1, 0.15) is 18.9 Å². The molecule has 0 saturated heterocycles. The smallest absolute Gasteiger partial charge is 0.198 e. The lowest BCUT2D eigenvalue weighted by Gasteiger charge is -2.18. The zero-order valence-electron chi connectivity index (χ0n) is 20.4. The summed E-state index contributed by atoms with van der Waals surface area (Å²) in [6.45, 7) is 10.3. The second-order valence-corrected chi connectivity index (χ2v) is 16.0. The number of pyridine rings is 1. The molecule has 3 aromatic rings. The van der Waals surface area contributed by atoms with Gasteiger partial charge in [-0.3, -0.25) is 4.99 Å². The van der Waals surface area contributed by atoms with Crippen molar-refractivity contribution in [3.05, 3.63) is 52.8 Å². The van der Waals surface area contributed by atoms with E-state index in [-0.39, 0.29) is 24.9 Å². The lowest BCUT2D eigenvalue weighted by atomic mass is 10.1. The monoisotopic (exact) mass is 521 g/mol. The molecule has 35 heavy (non-hydrogen) atoms. The molecule has 3 heterocycles. The molecule has 1 atom stereocenters. The van der Waals surface area contributed by atoms with Crippen LogP contribution in [-0.4, -0.2) is 42.8 Å². The van der Waals surface area contributed by atoms with Gasteiger partial charge in [0.2, 0.25) is 0 Å². The van der Waals surface area contributed by atoms with Gasteiger partial charge >= 0.3 is 0 Å². The normalized spacial score (nSPS) is 16.3. The molecule has 1 aliphatic rings. The second-order valence-electron chi connectivity index (χ2n) is 9.98. The number of halogens is 3. The van der Waals surface area contributed by atoms with E-state index in [0.717, 1.165) is 12.5 Å². The summed E-state index contributed by atoms with van der Waals surface area (Å²) in [5.74, 6) is -1.46. The molecule has 4 rings (SSSR count). The molecule has 6 nitrogen and oxygen atoms in total. The van der Waals surface area contributed by atoms with E-state index >= 15 is 0 Å². The number of hydrogen-bond donors (Lipinski definition) is 0. The Morgan fingerprint density at radius 2 is 1.97 bits per heavy atom. The number of hydrogen-bond acceptors (Lipinski definition) is 5. The predicted molar refractivity (Wildman–Crippen MR) is 136 cm³/mol. The van der Waals surface area contributed by atoms with Gasteiger partial charge in [-0.05, 0) is 36.7 Å². The van der Waals surface area contributed by atoms with E-state index in [0.29, 0.717) is 40.7 Å². The topological polar surface area (TPSA) is 57.9 Å². The summed E-state index contributed by atoms with van der Waals surface area (Å²) in [5.41, 5.74) is 0.930. The molecule has 0 N–H and O–H groups in total. The van der Waals surface area contributed by atoms with E-state index in [1.54, 1.807) is 10.8 Å². The van der Waals surface area contributed by atoms with Gasteiger partial charge in [-0.2, -0.15) is 0 Å². The third-order valence-electron chi connectivity index (χ3n) is 5.69. The summed E-state index contributed by atoms with van der Waals surface area (Å²) in [7, 11) is -1.21. The SMILES string of the molecule is CC1CCOC(Cc2cc(F)c(Oc3ccnc4c3c(Cl)cn4COCC[Si](C)(C)C)c(F)c2)=N1. The number of fused-ring (bicyclic) bond motifs is 1. The summed E-state index contributed by atoms with van der Waals surface area (Å²) < 4.78 is 48.6. The molecule has 188 valence electrons. The third-order valence-corrected chi connectivity index (χ3v) is 7.68. The number of nitrogens with zero attached hydrogens (tertiary/aromatic N) is 3. The molecule has 10 heteroatoms. The van der Waals surface area contributed by atoms with Crippen LogP contribution in [-0.2, 0) is 22.6 Å². The van der Waals surface area contributed by atoms with Crippen LogP contribution < -0.4 is 4.74 Å². The molecule has 0 radical (unpaired) electrons. The minimum absolute atomic E-state index is 0.132. The first-order valence-electron chi connectivity index (χ1n) is 11.7. The van der Waals surface area contributed by atoms with Crippen molar-refractivity contribution in [2.75, 3.05) is 13.2 Å². The molecular formula is C25H30ClF2N3O3Si. The van der Waals surface area contributed by atoms with Crippen LogP contribution in [0.3, 0.4) is 0 Å². The van der Waals surface area contributed by atoms with Gasteiger partial charge in [-0.1, -0.05) is 31.2 Å². The highest BCUT2D eigenvalue weighted by Crippen LogP contribution is 2.37. The van der Waals surface area contributed by atoms with Crippen LogP contribution in [0.2, 0.25) is 30.7 Å². The fourth-order valence-corrected chi connectivity index (χ4v) is 4.80. The van der Waals surface area contributed by atoms with Crippen molar-refractivity contribution in [2.24, 2.45) is 4.99 Å². The Bertz CT molecular complexity index is 1220. The maximum atomic E-state index is 14.9. The summed E-state index contributed by atoms with van der Waals surface area (Å²) >= 11 is 6.46. The van der Waals surface area contributed by atoms with Crippen molar-refractivity contribution in [3.63, 3.8) is 0 Å². The number of aromatic nitrogens is 2. The van der Waals surface area contributed by atoms with Crippen LogP contribution in [0, 0.1) is 11.6 Å². The fraction of sp³-hybridized carbons (Fsp3) is 0.440. The molecule has 0 aliphatic carbocycles. The Morgan fingerprint density at radius 3 is 2.66 bits per heavy atom. The highest BCUT2D eigenvalue weighted by molar-refractivity contribution is 6.76. The van der Waals surface area contributed by atoms with Crippen molar-refractivity contribution in [1.82, 2.24) is 9.55 Å². The molecule has 1 aromatic carbocycles. The summed E-state index contributed by atoms with van der Waals surface area (Å²) in [4.78, 5) is 8.77. The largest absolute Gasteiger partial charge is 0.481 e. The van der Waals surface area contributed by atoms with Crippen molar-refractivity contribution in [2.45, 2.75) is 58.2 Å². The van der Waals surface area contributed by atoms with Crippen LogP contribution >= 0.6 is 11.6 Å². The Kier molecular flexibility index (Phi) is 7.78. The van der Waals surface area contributed by atoms with Crippen molar-refractivity contribution in [3.8, 4) is 11.5 Å². The zero-order valence-corrected chi connectivity index (χ0v) is 22.2. The van der Waals surface area contributed by atoms with E-state index < -0.39 is 25.5 Å². The van der Waals surface area contributed by atoms with Gasteiger partial charge in [0.15, 0.2) is 23.3 Å². The van der Waals surface area contributed by atoms with Crippen LogP contribution in [0.4, 0.5) is 8.78 Å². The van der Waals surface area contributed by atoms with Crippen LogP contribution in [0.25, 0.3) is 11.0 Å². The molecule has 1 unspecified atom stereocenters. The molecular weight excluding hydrogens is 492 g/mol. The van der Waals surface area contributed by atoms with Gasteiger partial charge in [0, 0.05) is 39.9 Å². The Hall–Kier alpha value is -2.49. The first-order valence-corrected chi connectivity index (χ1v) is 15.8. The Balaban J connectivity index is 1.54. The first-order chi connectivity index (χ1) is 16.6. The van der Waals surface area contributed by atoms with E-state index in [1.807, 2.05) is 6.92 Å². The van der Waals surface area contributed by atoms with Gasteiger partial charge in [-0.15, -0.1) is 0 Å². The van der Waals surface area contributed by atoms with Gasteiger partial charge in [0.25, 0.3) is 0 Å². The molecule has 0 saturated carbocycles. The highest BCUT2D eigenvalue weighted by Gasteiger charge is 2.20. The number of benzene rings is 1. The Morgan fingerprint density at radius 1 is 1.23 bits per heavy atom. The van der Waals surface area contributed by atoms with E-state index in [9.17, 15) is 8.78 Å². The van der Waals surface area contributed by atoms with Crippen LogP contribution in [0.5, 0.6) is 11.5 Å². The van der Waals surface area contributed by atoms with Crippen LogP contribution in [0.15, 0.2) is 35.6 Å². The molecule has 0 fully saturated rings. The highest BCUT2D eigenvalue weighted by atomic mass is 35.5. The van der Waals surface area contributed by atoms with E-state index in [1.165, 1.54) is 24.4 Å². The third kappa shape index (κ3) is 6.39.